The van der Waals surface area contributed by atoms with Crippen LogP contribution in [0.5, 0.6) is 0 Å². The van der Waals surface area contributed by atoms with E-state index in [0.717, 1.165) is 12.0 Å². The van der Waals surface area contributed by atoms with Gasteiger partial charge >= 0.3 is 5.97 Å². The molecule has 0 radical (unpaired) electrons. The first-order valence-corrected chi connectivity index (χ1v) is 6.36. The molecule has 1 aromatic carbocycles. The largest absolute Gasteiger partial charge is 0.465 e. The number of benzene rings is 1. The summed E-state index contributed by atoms with van der Waals surface area (Å²) in [5, 5.41) is 9.32. The molecule has 1 aromatic rings. The lowest BCUT2D eigenvalue weighted by molar-refractivity contribution is -0.141. The summed E-state index contributed by atoms with van der Waals surface area (Å²) in [7, 11) is 0. The molecule has 3 nitrogen and oxygen atoms in total. The van der Waals surface area contributed by atoms with Gasteiger partial charge in [-0.15, -0.1) is 0 Å². The van der Waals surface area contributed by atoms with Crippen LogP contribution in [-0.4, -0.2) is 24.3 Å². The molecule has 0 spiro atoms. The monoisotopic (exact) mass is 250 g/mol. The Morgan fingerprint density at radius 3 is 2.33 bits per heavy atom. The highest BCUT2D eigenvalue weighted by Crippen LogP contribution is 2.18. The Morgan fingerprint density at radius 1 is 1.28 bits per heavy atom. The molecule has 0 bridgehead atoms. The molecule has 0 heterocycles. The summed E-state index contributed by atoms with van der Waals surface area (Å²) >= 11 is 0. The summed E-state index contributed by atoms with van der Waals surface area (Å²) in [6.45, 7) is 5.96. The fourth-order valence-corrected chi connectivity index (χ4v) is 1.87. The number of carbonyl (C=O) groups excluding carboxylic acids is 1. The predicted molar refractivity (Wildman–Crippen MR) is 71.4 cm³/mol. The topological polar surface area (TPSA) is 46.5 Å². The molecular weight excluding hydrogens is 228 g/mol. The van der Waals surface area contributed by atoms with Gasteiger partial charge in [0.2, 0.25) is 0 Å². The van der Waals surface area contributed by atoms with Gasteiger partial charge < -0.3 is 9.84 Å². The minimum absolute atomic E-state index is 0.0171. The Morgan fingerprint density at radius 2 is 1.89 bits per heavy atom. The maximum Gasteiger partial charge on any atom is 0.302 e. The normalized spacial score (nSPS) is 12.5. The number of hydrogen-bond acceptors (Lipinski definition) is 3. The van der Waals surface area contributed by atoms with Crippen LogP contribution < -0.4 is 0 Å². The molecule has 0 aliphatic heterocycles. The summed E-state index contributed by atoms with van der Waals surface area (Å²) < 4.78 is 4.95. The van der Waals surface area contributed by atoms with Crippen LogP contribution in [0.4, 0.5) is 0 Å². The molecule has 0 saturated carbocycles. The van der Waals surface area contributed by atoms with Crippen molar-refractivity contribution in [3.63, 3.8) is 0 Å². The first kappa shape index (κ1) is 14.7. The maximum atomic E-state index is 10.8. The van der Waals surface area contributed by atoms with E-state index in [1.807, 2.05) is 12.1 Å². The van der Waals surface area contributed by atoms with Crippen LogP contribution in [0.15, 0.2) is 24.3 Å². The second kappa shape index (κ2) is 7.17. The zero-order valence-corrected chi connectivity index (χ0v) is 11.3. The van der Waals surface area contributed by atoms with Crippen molar-refractivity contribution in [3.8, 4) is 0 Å². The molecule has 0 fully saturated rings. The molecule has 1 N–H and O–H groups in total. The number of hydrogen-bond donors (Lipinski definition) is 1. The highest BCUT2D eigenvalue weighted by atomic mass is 16.5. The van der Waals surface area contributed by atoms with Gasteiger partial charge in [0, 0.05) is 12.8 Å². The van der Waals surface area contributed by atoms with Gasteiger partial charge in [-0.1, -0.05) is 38.1 Å². The summed E-state index contributed by atoms with van der Waals surface area (Å²) in [6.07, 6.45) is 1.05. The summed E-state index contributed by atoms with van der Waals surface area (Å²) in [6, 6.07) is 8.15. The average molecular weight is 250 g/mol. The van der Waals surface area contributed by atoms with E-state index >= 15 is 0 Å². The molecule has 1 atom stereocenters. The lowest BCUT2D eigenvalue weighted by Crippen LogP contribution is -2.14. The molecular formula is C15H22O3. The van der Waals surface area contributed by atoms with Crippen LogP contribution in [0.1, 0.15) is 37.8 Å². The van der Waals surface area contributed by atoms with E-state index in [4.69, 9.17) is 4.74 Å². The minimum atomic E-state index is -0.315. The molecule has 0 aromatic heterocycles. The third-order valence-electron chi connectivity index (χ3n) is 2.80. The van der Waals surface area contributed by atoms with Crippen LogP contribution >= 0.6 is 0 Å². The van der Waals surface area contributed by atoms with E-state index in [9.17, 15) is 9.90 Å². The Labute approximate surface area is 109 Å². The van der Waals surface area contributed by atoms with Crippen molar-refractivity contribution < 1.29 is 14.6 Å². The number of ether oxygens (including phenoxy) is 1. The fourth-order valence-electron chi connectivity index (χ4n) is 1.87. The standard InChI is InChI=1S/C15H22O3/c1-11(2)8-13-4-6-14(7-5-13)15(9-16)10-18-12(3)17/h4-7,11,15-16H,8-10H2,1-3H3/t15-/m1/s1. The second-order valence-corrected chi connectivity index (χ2v) is 5.02. The van der Waals surface area contributed by atoms with E-state index in [-0.39, 0.29) is 25.1 Å². The van der Waals surface area contributed by atoms with Crippen LogP contribution in [0, 0.1) is 5.92 Å². The molecule has 0 aliphatic carbocycles. The Kier molecular flexibility index (Phi) is 5.86. The number of rotatable bonds is 6. The van der Waals surface area contributed by atoms with E-state index in [1.54, 1.807) is 0 Å². The van der Waals surface area contributed by atoms with Gasteiger partial charge in [0.1, 0.15) is 6.61 Å². The smallest absolute Gasteiger partial charge is 0.302 e. The predicted octanol–water partition coefficient (Wildman–Crippen LogP) is 2.52. The molecule has 0 unspecified atom stereocenters. The van der Waals surface area contributed by atoms with Gasteiger partial charge in [-0.05, 0) is 23.5 Å². The van der Waals surface area contributed by atoms with E-state index in [0.29, 0.717) is 5.92 Å². The zero-order valence-electron chi connectivity index (χ0n) is 11.3. The van der Waals surface area contributed by atoms with Crippen LogP contribution in [-0.2, 0) is 16.0 Å². The van der Waals surface area contributed by atoms with Crippen LogP contribution in [0.3, 0.4) is 0 Å². The Hall–Kier alpha value is -1.35. The number of aliphatic hydroxyl groups is 1. The van der Waals surface area contributed by atoms with Gasteiger partial charge in [-0.25, -0.2) is 0 Å². The molecule has 0 amide bonds. The molecule has 0 saturated heterocycles. The molecule has 1 rings (SSSR count). The fraction of sp³-hybridized carbons (Fsp3) is 0.533. The van der Waals surface area contributed by atoms with Crippen molar-refractivity contribution in [1.29, 1.82) is 0 Å². The van der Waals surface area contributed by atoms with E-state index in [2.05, 4.69) is 26.0 Å². The third kappa shape index (κ3) is 4.88. The van der Waals surface area contributed by atoms with Gasteiger partial charge in [-0.2, -0.15) is 0 Å². The first-order valence-electron chi connectivity index (χ1n) is 6.36. The summed E-state index contributed by atoms with van der Waals surface area (Å²) in [5.74, 6) is 0.178. The highest BCUT2D eigenvalue weighted by molar-refractivity contribution is 5.65. The lowest BCUT2D eigenvalue weighted by Gasteiger charge is -2.15. The first-order chi connectivity index (χ1) is 8.52. The summed E-state index contributed by atoms with van der Waals surface area (Å²) in [4.78, 5) is 10.8. The molecule has 3 heteroatoms. The highest BCUT2D eigenvalue weighted by Gasteiger charge is 2.12. The Bertz CT molecular complexity index is 368. The average Bonchev–Trinajstić information content (AvgIpc) is 2.31. The van der Waals surface area contributed by atoms with Crippen molar-refractivity contribution >= 4 is 5.97 Å². The number of esters is 1. The third-order valence-corrected chi connectivity index (χ3v) is 2.80. The lowest BCUT2D eigenvalue weighted by atomic mass is 9.96. The Balaban J connectivity index is 2.66. The van der Waals surface area contributed by atoms with Crippen molar-refractivity contribution in [1.82, 2.24) is 0 Å². The van der Waals surface area contributed by atoms with Gasteiger partial charge in [0.15, 0.2) is 0 Å². The zero-order chi connectivity index (χ0) is 13.5. The molecule has 0 aliphatic rings. The molecule has 18 heavy (non-hydrogen) atoms. The number of carbonyl (C=O) groups is 1. The summed E-state index contributed by atoms with van der Waals surface area (Å²) in [5.41, 5.74) is 2.30. The maximum absolute atomic E-state index is 10.8. The van der Waals surface area contributed by atoms with E-state index in [1.165, 1.54) is 12.5 Å². The van der Waals surface area contributed by atoms with Crippen molar-refractivity contribution in [2.24, 2.45) is 5.92 Å². The van der Waals surface area contributed by atoms with Gasteiger partial charge in [-0.3, -0.25) is 4.79 Å². The minimum Gasteiger partial charge on any atom is -0.465 e. The van der Waals surface area contributed by atoms with Crippen LogP contribution in [0.2, 0.25) is 0 Å². The van der Waals surface area contributed by atoms with E-state index < -0.39 is 0 Å². The van der Waals surface area contributed by atoms with Crippen molar-refractivity contribution in [3.05, 3.63) is 35.4 Å². The van der Waals surface area contributed by atoms with Gasteiger partial charge in [0.05, 0.1) is 6.61 Å². The second-order valence-electron chi connectivity index (χ2n) is 5.02. The van der Waals surface area contributed by atoms with Crippen molar-refractivity contribution in [2.45, 2.75) is 33.1 Å². The quantitative estimate of drug-likeness (QED) is 0.789. The van der Waals surface area contributed by atoms with Crippen LogP contribution in [0.25, 0.3) is 0 Å². The number of aliphatic hydroxyl groups excluding tert-OH is 1. The SMILES string of the molecule is CC(=O)OC[C@@H](CO)c1ccc(CC(C)C)cc1. The van der Waals surface area contributed by atoms with Gasteiger partial charge in [0.25, 0.3) is 0 Å². The van der Waals surface area contributed by atoms with Crippen molar-refractivity contribution in [2.75, 3.05) is 13.2 Å². The molecule has 100 valence electrons.